The van der Waals surface area contributed by atoms with Crippen molar-refractivity contribution in [3.63, 3.8) is 0 Å². The van der Waals surface area contributed by atoms with Crippen LogP contribution in [0.2, 0.25) is 0 Å². The number of aryl methyl sites for hydroxylation is 2. The quantitative estimate of drug-likeness (QED) is 0.662. The largest absolute Gasteiger partial charge is 0.444 e. The summed E-state index contributed by atoms with van der Waals surface area (Å²) in [5, 5.41) is 3.19. The number of oxazole rings is 1. The smallest absolute Gasteiger partial charge is 0.220 e. The Morgan fingerprint density at radius 2 is 1.86 bits per heavy atom. The van der Waals surface area contributed by atoms with Gasteiger partial charge in [-0.2, -0.15) is 0 Å². The number of carbonyl (C=O) groups excluding carboxylic acids is 1. The van der Waals surface area contributed by atoms with Crippen LogP contribution in [0.25, 0.3) is 0 Å². The molecule has 1 saturated heterocycles. The predicted molar refractivity (Wildman–Crippen MR) is 121 cm³/mol. The van der Waals surface area contributed by atoms with Gasteiger partial charge in [0.25, 0.3) is 0 Å². The lowest BCUT2D eigenvalue weighted by molar-refractivity contribution is -0.124. The Kier molecular flexibility index (Phi) is 11.0. The van der Waals surface area contributed by atoms with E-state index in [1.807, 2.05) is 13.8 Å². The fourth-order valence-electron chi connectivity index (χ4n) is 4.56. The highest BCUT2D eigenvalue weighted by Crippen LogP contribution is 2.38. The highest BCUT2D eigenvalue weighted by molar-refractivity contribution is 5.85. The van der Waals surface area contributed by atoms with Crippen molar-refractivity contribution in [2.75, 3.05) is 26.2 Å². The first-order valence-electron chi connectivity index (χ1n) is 10.6. The van der Waals surface area contributed by atoms with Crippen LogP contribution in [0.4, 0.5) is 0 Å². The molecule has 1 amide bonds. The monoisotopic (exact) mass is 448 g/mol. The Hall–Kier alpha value is -0.820. The first-order chi connectivity index (χ1) is 13.0. The van der Waals surface area contributed by atoms with Crippen LogP contribution in [0.5, 0.6) is 0 Å². The van der Waals surface area contributed by atoms with Gasteiger partial charge in [-0.3, -0.25) is 9.69 Å². The number of nitrogens with zero attached hydrogens (tertiary/aromatic N) is 2. The van der Waals surface area contributed by atoms with Crippen LogP contribution in [0, 0.1) is 25.2 Å². The molecule has 0 unspecified atom stereocenters. The molecule has 6 nitrogen and oxygen atoms in total. The molecule has 0 bridgehead atoms. The van der Waals surface area contributed by atoms with Gasteiger partial charge in [-0.25, -0.2) is 4.98 Å². The van der Waals surface area contributed by atoms with Gasteiger partial charge in [0.2, 0.25) is 11.8 Å². The second-order valence-electron chi connectivity index (χ2n) is 8.71. The van der Waals surface area contributed by atoms with Crippen LogP contribution in [0.1, 0.15) is 68.7 Å². The molecule has 3 N–H and O–H groups in total. The predicted octanol–water partition coefficient (Wildman–Crippen LogP) is 3.76. The average molecular weight is 449 g/mol. The van der Waals surface area contributed by atoms with Crippen molar-refractivity contribution in [2.24, 2.45) is 17.1 Å². The lowest BCUT2D eigenvalue weighted by atomic mass is 9.71. The van der Waals surface area contributed by atoms with Crippen molar-refractivity contribution in [2.45, 2.75) is 71.8 Å². The number of piperidine rings is 1. The molecule has 1 saturated carbocycles. The SMILES string of the molecule is Cc1nc(CN2CCC(CNC(=O)CC3(CN)CCCCC3)CC2)oc1C.Cl.Cl. The molecule has 2 aliphatic rings. The third kappa shape index (κ3) is 7.42. The van der Waals surface area contributed by atoms with Gasteiger partial charge >= 0.3 is 0 Å². The zero-order chi connectivity index (χ0) is 19.3. The molecule has 0 atom stereocenters. The summed E-state index contributed by atoms with van der Waals surface area (Å²) < 4.78 is 5.70. The van der Waals surface area contributed by atoms with Gasteiger partial charge in [-0.1, -0.05) is 19.3 Å². The van der Waals surface area contributed by atoms with E-state index in [1.54, 1.807) is 0 Å². The molecule has 168 valence electrons. The molecule has 2 fully saturated rings. The van der Waals surface area contributed by atoms with E-state index in [-0.39, 0.29) is 36.1 Å². The van der Waals surface area contributed by atoms with E-state index in [9.17, 15) is 4.79 Å². The van der Waals surface area contributed by atoms with Crippen molar-refractivity contribution >= 4 is 30.7 Å². The molecule has 1 aromatic rings. The summed E-state index contributed by atoms with van der Waals surface area (Å²) >= 11 is 0. The maximum atomic E-state index is 12.5. The van der Waals surface area contributed by atoms with E-state index in [2.05, 4.69) is 15.2 Å². The molecule has 0 aromatic carbocycles. The number of likely N-dealkylation sites (tertiary alicyclic amines) is 1. The fraction of sp³-hybridized carbons (Fsp3) is 0.810. The molecular weight excluding hydrogens is 411 g/mol. The maximum absolute atomic E-state index is 12.5. The summed E-state index contributed by atoms with van der Waals surface area (Å²) in [6, 6.07) is 0. The highest BCUT2D eigenvalue weighted by atomic mass is 35.5. The lowest BCUT2D eigenvalue weighted by Crippen LogP contribution is -2.41. The summed E-state index contributed by atoms with van der Waals surface area (Å²) in [4.78, 5) is 19.3. The van der Waals surface area contributed by atoms with Crippen molar-refractivity contribution in [3.8, 4) is 0 Å². The third-order valence-electron chi connectivity index (χ3n) is 6.61. The van der Waals surface area contributed by atoms with Gasteiger partial charge in [-0.05, 0) is 70.5 Å². The summed E-state index contributed by atoms with van der Waals surface area (Å²) in [6.45, 7) is 8.24. The molecule has 8 heteroatoms. The van der Waals surface area contributed by atoms with E-state index >= 15 is 0 Å². The van der Waals surface area contributed by atoms with E-state index in [4.69, 9.17) is 10.2 Å². The van der Waals surface area contributed by atoms with Crippen LogP contribution in [-0.4, -0.2) is 42.0 Å². The molecule has 1 aliphatic heterocycles. The zero-order valence-electron chi connectivity index (χ0n) is 17.9. The van der Waals surface area contributed by atoms with Gasteiger partial charge in [0.1, 0.15) is 5.76 Å². The number of hydrogen-bond acceptors (Lipinski definition) is 5. The van der Waals surface area contributed by atoms with E-state index in [0.29, 0.717) is 18.9 Å². The first kappa shape index (κ1) is 26.2. The Bertz CT molecular complexity index is 605. The number of halogens is 2. The van der Waals surface area contributed by atoms with Gasteiger partial charge in [0.15, 0.2) is 0 Å². The molecule has 29 heavy (non-hydrogen) atoms. The Balaban J connectivity index is 0.00000210. The van der Waals surface area contributed by atoms with E-state index < -0.39 is 0 Å². The topological polar surface area (TPSA) is 84.4 Å². The van der Waals surface area contributed by atoms with Crippen molar-refractivity contribution < 1.29 is 9.21 Å². The fourth-order valence-corrected chi connectivity index (χ4v) is 4.56. The molecule has 1 aromatic heterocycles. The average Bonchev–Trinajstić information content (AvgIpc) is 2.99. The van der Waals surface area contributed by atoms with Gasteiger partial charge in [0.05, 0.1) is 12.2 Å². The van der Waals surface area contributed by atoms with Gasteiger partial charge < -0.3 is 15.5 Å². The molecule has 0 spiro atoms. The second-order valence-corrected chi connectivity index (χ2v) is 8.71. The molecule has 1 aliphatic carbocycles. The van der Waals surface area contributed by atoms with Crippen LogP contribution >= 0.6 is 24.8 Å². The van der Waals surface area contributed by atoms with Gasteiger partial charge in [0, 0.05) is 13.0 Å². The zero-order valence-corrected chi connectivity index (χ0v) is 19.5. The molecular formula is C21H38Cl2N4O2. The molecule has 2 heterocycles. The number of nitrogens with one attached hydrogen (secondary N) is 1. The van der Waals surface area contributed by atoms with Crippen LogP contribution in [0.15, 0.2) is 4.42 Å². The number of hydrogen-bond donors (Lipinski definition) is 2. The van der Waals surface area contributed by atoms with Crippen LogP contribution < -0.4 is 11.1 Å². The summed E-state index contributed by atoms with van der Waals surface area (Å²) in [7, 11) is 0. The minimum absolute atomic E-state index is 0. The minimum Gasteiger partial charge on any atom is -0.444 e. The van der Waals surface area contributed by atoms with E-state index in [0.717, 1.165) is 69.2 Å². The number of aromatic nitrogens is 1. The standard InChI is InChI=1S/C21H36N4O2.2ClH/c1-16-17(2)27-20(24-16)14-25-10-6-18(7-11-25)13-23-19(26)12-21(15-22)8-4-3-5-9-21;;/h18H,3-15,22H2,1-2H3,(H,23,26);2*1H. The Labute approximate surface area is 187 Å². The lowest BCUT2D eigenvalue weighted by Gasteiger charge is -2.36. The molecule has 0 radical (unpaired) electrons. The second kappa shape index (κ2) is 12.1. The first-order valence-corrected chi connectivity index (χ1v) is 10.6. The number of rotatable bonds is 7. The minimum atomic E-state index is 0. The summed E-state index contributed by atoms with van der Waals surface area (Å²) in [5.74, 6) is 2.49. The molecule has 3 rings (SSSR count). The van der Waals surface area contributed by atoms with Crippen LogP contribution in [-0.2, 0) is 11.3 Å². The number of carbonyl (C=O) groups is 1. The van der Waals surface area contributed by atoms with Crippen molar-refractivity contribution in [1.82, 2.24) is 15.2 Å². The highest BCUT2D eigenvalue weighted by Gasteiger charge is 2.33. The number of amides is 1. The Morgan fingerprint density at radius 1 is 1.21 bits per heavy atom. The maximum Gasteiger partial charge on any atom is 0.220 e. The van der Waals surface area contributed by atoms with Crippen molar-refractivity contribution in [3.05, 3.63) is 17.3 Å². The summed E-state index contributed by atoms with van der Waals surface area (Å²) in [6.07, 6.45) is 8.75. The van der Waals surface area contributed by atoms with Crippen LogP contribution in [0.3, 0.4) is 0 Å². The van der Waals surface area contributed by atoms with E-state index in [1.165, 1.54) is 19.3 Å². The Morgan fingerprint density at radius 3 is 2.41 bits per heavy atom. The summed E-state index contributed by atoms with van der Waals surface area (Å²) in [5.41, 5.74) is 7.05. The number of nitrogens with two attached hydrogens (primary N) is 1. The van der Waals surface area contributed by atoms with Gasteiger partial charge in [-0.15, -0.1) is 24.8 Å². The van der Waals surface area contributed by atoms with Crippen molar-refractivity contribution in [1.29, 1.82) is 0 Å². The normalized spacial score (nSPS) is 19.8. The third-order valence-corrected chi connectivity index (χ3v) is 6.61.